The zero-order chi connectivity index (χ0) is 8.10. The molecule has 0 aromatic heterocycles. The van der Waals surface area contributed by atoms with E-state index in [-0.39, 0.29) is 6.23 Å². The third-order valence-electron chi connectivity index (χ3n) is 1.97. The number of rotatable bonds is 3. The fourth-order valence-electron chi connectivity index (χ4n) is 1.29. The Morgan fingerprint density at radius 1 is 1.45 bits per heavy atom. The standard InChI is InChI=1S/C8H17NO2/c1-3-11-8(2)9-4-6-10-7-5-9/h8H,3-7H2,1-2H3. The SMILES string of the molecule is CCOC(C)N1CCOCC1. The normalized spacial score (nSPS) is 23.5. The minimum absolute atomic E-state index is 0.254. The van der Waals surface area contributed by atoms with E-state index in [2.05, 4.69) is 11.8 Å². The first-order valence-corrected chi connectivity index (χ1v) is 4.28. The summed E-state index contributed by atoms with van der Waals surface area (Å²) in [4.78, 5) is 2.30. The lowest BCUT2D eigenvalue weighted by molar-refractivity contribution is -0.0831. The van der Waals surface area contributed by atoms with E-state index in [1.165, 1.54) is 0 Å². The Bertz CT molecular complexity index is 102. The molecule has 0 radical (unpaired) electrons. The van der Waals surface area contributed by atoms with E-state index in [1.54, 1.807) is 0 Å². The van der Waals surface area contributed by atoms with Gasteiger partial charge in [0, 0.05) is 19.7 Å². The van der Waals surface area contributed by atoms with Gasteiger partial charge in [-0.05, 0) is 13.8 Å². The van der Waals surface area contributed by atoms with Gasteiger partial charge in [0.25, 0.3) is 0 Å². The van der Waals surface area contributed by atoms with Crippen molar-refractivity contribution in [1.29, 1.82) is 0 Å². The van der Waals surface area contributed by atoms with Crippen molar-refractivity contribution in [3.8, 4) is 0 Å². The Kier molecular flexibility index (Phi) is 3.83. The van der Waals surface area contributed by atoms with Crippen LogP contribution >= 0.6 is 0 Å². The molecule has 3 heteroatoms. The minimum Gasteiger partial charge on any atom is -0.379 e. The molecule has 0 spiro atoms. The van der Waals surface area contributed by atoms with Crippen LogP contribution in [0.1, 0.15) is 13.8 Å². The summed E-state index contributed by atoms with van der Waals surface area (Å²) >= 11 is 0. The van der Waals surface area contributed by atoms with Crippen molar-refractivity contribution in [3.63, 3.8) is 0 Å². The van der Waals surface area contributed by atoms with Crippen LogP contribution in [-0.2, 0) is 9.47 Å². The summed E-state index contributed by atoms with van der Waals surface area (Å²) in [7, 11) is 0. The lowest BCUT2D eigenvalue weighted by Gasteiger charge is -2.31. The highest BCUT2D eigenvalue weighted by Crippen LogP contribution is 2.03. The average molecular weight is 159 g/mol. The number of hydrogen-bond acceptors (Lipinski definition) is 3. The maximum absolute atomic E-state index is 5.45. The van der Waals surface area contributed by atoms with Gasteiger partial charge in [-0.1, -0.05) is 0 Å². The van der Waals surface area contributed by atoms with Gasteiger partial charge in [0.05, 0.1) is 13.2 Å². The quantitative estimate of drug-likeness (QED) is 0.605. The molecule has 1 atom stereocenters. The van der Waals surface area contributed by atoms with Crippen LogP contribution in [0.3, 0.4) is 0 Å². The fourth-order valence-corrected chi connectivity index (χ4v) is 1.29. The molecule has 0 aliphatic carbocycles. The van der Waals surface area contributed by atoms with Gasteiger partial charge < -0.3 is 9.47 Å². The highest BCUT2D eigenvalue weighted by Gasteiger charge is 2.16. The molecular formula is C8H17NO2. The maximum Gasteiger partial charge on any atom is 0.107 e. The number of nitrogens with zero attached hydrogens (tertiary/aromatic N) is 1. The molecule has 0 N–H and O–H groups in total. The molecule has 3 nitrogen and oxygen atoms in total. The molecule has 1 aliphatic heterocycles. The van der Waals surface area contributed by atoms with Crippen LogP contribution in [0.25, 0.3) is 0 Å². The summed E-state index contributed by atoms with van der Waals surface area (Å²) in [6, 6.07) is 0. The van der Waals surface area contributed by atoms with Crippen LogP contribution in [0.5, 0.6) is 0 Å². The molecule has 1 unspecified atom stereocenters. The van der Waals surface area contributed by atoms with Gasteiger partial charge in [0.2, 0.25) is 0 Å². The lowest BCUT2D eigenvalue weighted by Crippen LogP contribution is -2.43. The van der Waals surface area contributed by atoms with Gasteiger partial charge in [-0.25, -0.2) is 0 Å². The second-order valence-electron chi connectivity index (χ2n) is 2.70. The molecule has 0 aromatic carbocycles. The highest BCUT2D eigenvalue weighted by molar-refractivity contribution is 4.62. The highest BCUT2D eigenvalue weighted by atomic mass is 16.5. The molecule has 66 valence electrons. The van der Waals surface area contributed by atoms with E-state index in [9.17, 15) is 0 Å². The predicted molar refractivity (Wildman–Crippen MR) is 43.5 cm³/mol. The first-order valence-electron chi connectivity index (χ1n) is 4.28. The van der Waals surface area contributed by atoms with Crippen molar-refractivity contribution in [2.24, 2.45) is 0 Å². The van der Waals surface area contributed by atoms with Gasteiger partial charge in [-0.3, -0.25) is 4.90 Å². The van der Waals surface area contributed by atoms with Gasteiger partial charge in [-0.15, -0.1) is 0 Å². The molecule has 0 aromatic rings. The molecule has 1 heterocycles. The largest absolute Gasteiger partial charge is 0.379 e. The minimum atomic E-state index is 0.254. The maximum atomic E-state index is 5.45. The molecule has 1 saturated heterocycles. The van der Waals surface area contributed by atoms with Gasteiger partial charge in [0.1, 0.15) is 6.23 Å². The van der Waals surface area contributed by atoms with Crippen LogP contribution in [0.2, 0.25) is 0 Å². The first-order chi connectivity index (χ1) is 5.34. The van der Waals surface area contributed by atoms with Gasteiger partial charge in [0.15, 0.2) is 0 Å². The van der Waals surface area contributed by atoms with Crippen molar-refractivity contribution in [2.75, 3.05) is 32.9 Å². The monoisotopic (exact) mass is 159 g/mol. The van der Waals surface area contributed by atoms with Crippen molar-refractivity contribution in [1.82, 2.24) is 4.90 Å². The fraction of sp³-hybridized carbons (Fsp3) is 1.00. The van der Waals surface area contributed by atoms with Gasteiger partial charge >= 0.3 is 0 Å². The van der Waals surface area contributed by atoms with E-state index in [0.717, 1.165) is 32.9 Å². The number of morpholine rings is 1. The second-order valence-corrected chi connectivity index (χ2v) is 2.70. The molecule has 1 rings (SSSR count). The lowest BCUT2D eigenvalue weighted by atomic mass is 10.4. The van der Waals surface area contributed by atoms with Crippen LogP contribution in [0, 0.1) is 0 Å². The molecular weight excluding hydrogens is 142 g/mol. The van der Waals surface area contributed by atoms with Crippen LogP contribution in [0.4, 0.5) is 0 Å². The summed E-state index contributed by atoms with van der Waals surface area (Å²) < 4.78 is 10.7. The Morgan fingerprint density at radius 3 is 2.64 bits per heavy atom. The molecule has 11 heavy (non-hydrogen) atoms. The van der Waals surface area contributed by atoms with Crippen molar-refractivity contribution < 1.29 is 9.47 Å². The third kappa shape index (κ3) is 2.77. The topological polar surface area (TPSA) is 21.7 Å². The van der Waals surface area contributed by atoms with E-state index >= 15 is 0 Å². The summed E-state index contributed by atoms with van der Waals surface area (Å²) in [6.07, 6.45) is 0.254. The van der Waals surface area contributed by atoms with Crippen molar-refractivity contribution in [2.45, 2.75) is 20.1 Å². The average Bonchev–Trinajstić information content (AvgIpc) is 2.07. The van der Waals surface area contributed by atoms with E-state index in [4.69, 9.17) is 9.47 Å². The summed E-state index contributed by atoms with van der Waals surface area (Å²) in [5.41, 5.74) is 0. The summed E-state index contributed by atoms with van der Waals surface area (Å²) in [6.45, 7) is 8.60. The van der Waals surface area contributed by atoms with Crippen LogP contribution < -0.4 is 0 Å². The Hall–Kier alpha value is -0.120. The van der Waals surface area contributed by atoms with Gasteiger partial charge in [-0.2, -0.15) is 0 Å². The summed E-state index contributed by atoms with van der Waals surface area (Å²) in [5, 5.41) is 0. The molecule has 0 amide bonds. The number of hydrogen-bond donors (Lipinski definition) is 0. The molecule has 0 bridgehead atoms. The zero-order valence-corrected chi connectivity index (χ0v) is 7.38. The summed E-state index contributed by atoms with van der Waals surface area (Å²) in [5.74, 6) is 0. The first kappa shape index (κ1) is 8.97. The van der Waals surface area contributed by atoms with E-state index < -0.39 is 0 Å². The third-order valence-corrected chi connectivity index (χ3v) is 1.97. The molecule has 1 aliphatic rings. The molecule has 0 saturated carbocycles. The van der Waals surface area contributed by atoms with E-state index in [0.29, 0.717) is 0 Å². The second kappa shape index (κ2) is 4.70. The molecule has 1 fully saturated rings. The Morgan fingerprint density at radius 2 is 2.09 bits per heavy atom. The predicted octanol–water partition coefficient (Wildman–Crippen LogP) is 0.701. The smallest absolute Gasteiger partial charge is 0.107 e. The zero-order valence-electron chi connectivity index (χ0n) is 7.38. The Balaban J connectivity index is 2.21. The van der Waals surface area contributed by atoms with E-state index in [1.807, 2.05) is 6.92 Å². The van der Waals surface area contributed by atoms with Crippen molar-refractivity contribution in [3.05, 3.63) is 0 Å². The Labute approximate surface area is 68.3 Å². The van der Waals surface area contributed by atoms with Crippen molar-refractivity contribution >= 4 is 0 Å². The van der Waals surface area contributed by atoms with Crippen LogP contribution in [-0.4, -0.2) is 44.0 Å². The van der Waals surface area contributed by atoms with Crippen LogP contribution in [0.15, 0.2) is 0 Å². The number of ether oxygens (including phenoxy) is 2.